The number of thiophene rings is 1. The Morgan fingerprint density at radius 2 is 1.88 bits per heavy atom. The van der Waals surface area contributed by atoms with Gasteiger partial charge in [0.1, 0.15) is 10.5 Å². The van der Waals surface area contributed by atoms with Gasteiger partial charge in [-0.25, -0.2) is 4.79 Å². The van der Waals surface area contributed by atoms with Gasteiger partial charge in [0, 0.05) is 0 Å². The minimum atomic E-state index is -0.321. The molecule has 0 atom stereocenters. The van der Waals surface area contributed by atoms with Crippen molar-refractivity contribution in [2.45, 2.75) is 26.9 Å². The van der Waals surface area contributed by atoms with Crippen LogP contribution in [0.3, 0.4) is 0 Å². The predicted octanol–water partition coefficient (Wildman–Crippen LogP) is 3.53. The molecule has 0 aliphatic rings. The monoisotopic (exact) mass is 366 g/mol. The van der Waals surface area contributed by atoms with Gasteiger partial charge in [0.15, 0.2) is 0 Å². The molecule has 0 amide bonds. The molecule has 5 nitrogen and oxygen atoms in total. The van der Waals surface area contributed by atoms with Crippen LogP contribution in [-0.2, 0) is 13.1 Å². The Hall–Kier alpha value is -2.86. The third kappa shape index (κ3) is 2.82. The van der Waals surface area contributed by atoms with Gasteiger partial charge in [-0.1, -0.05) is 23.8 Å². The number of benzene rings is 1. The number of rotatable bonds is 4. The van der Waals surface area contributed by atoms with Gasteiger partial charge in [0.25, 0.3) is 5.56 Å². The van der Waals surface area contributed by atoms with Crippen molar-refractivity contribution in [3.8, 4) is 0 Å². The van der Waals surface area contributed by atoms with E-state index in [9.17, 15) is 9.59 Å². The fourth-order valence-electron chi connectivity index (χ4n) is 3.12. The fourth-order valence-corrected chi connectivity index (χ4v) is 3.97. The molecule has 4 rings (SSSR count). The highest BCUT2D eigenvalue weighted by Crippen LogP contribution is 2.18. The topological polar surface area (TPSA) is 57.1 Å². The van der Waals surface area contributed by atoms with E-state index in [1.165, 1.54) is 15.9 Å². The summed E-state index contributed by atoms with van der Waals surface area (Å²) in [7, 11) is 0. The van der Waals surface area contributed by atoms with Gasteiger partial charge >= 0.3 is 5.69 Å². The molecule has 6 heteroatoms. The van der Waals surface area contributed by atoms with E-state index in [1.807, 2.05) is 25.3 Å². The Kier molecular flexibility index (Phi) is 4.12. The molecular weight excluding hydrogens is 348 g/mol. The van der Waals surface area contributed by atoms with Crippen LogP contribution in [0.4, 0.5) is 0 Å². The molecule has 3 heterocycles. The average molecular weight is 366 g/mol. The number of furan rings is 1. The quantitative estimate of drug-likeness (QED) is 0.555. The van der Waals surface area contributed by atoms with Gasteiger partial charge in [-0.3, -0.25) is 13.9 Å². The molecule has 0 bridgehead atoms. The summed E-state index contributed by atoms with van der Waals surface area (Å²) in [6, 6.07) is 11.5. The van der Waals surface area contributed by atoms with Crippen LogP contribution in [0.2, 0.25) is 0 Å². The molecule has 0 spiro atoms. The summed E-state index contributed by atoms with van der Waals surface area (Å²) in [4.78, 5) is 25.9. The molecule has 0 unspecified atom stereocenters. The lowest BCUT2D eigenvalue weighted by molar-refractivity contribution is 0.479. The normalized spacial score (nSPS) is 11.3. The summed E-state index contributed by atoms with van der Waals surface area (Å²) in [6.07, 6.45) is 1.54. The third-order valence-corrected chi connectivity index (χ3v) is 5.46. The smallest absolute Gasteiger partial charge is 0.332 e. The Bertz CT molecular complexity index is 1200. The number of aromatic nitrogens is 2. The van der Waals surface area contributed by atoms with Gasteiger partial charge in [0.2, 0.25) is 0 Å². The predicted molar refractivity (Wildman–Crippen MR) is 103 cm³/mol. The lowest BCUT2D eigenvalue weighted by Gasteiger charge is -2.13. The Morgan fingerprint density at radius 1 is 1.04 bits per heavy atom. The van der Waals surface area contributed by atoms with Crippen LogP contribution in [0.25, 0.3) is 10.2 Å². The van der Waals surface area contributed by atoms with E-state index >= 15 is 0 Å². The lowest BCUT2D eigenvalue weighted by atomic mass is 10.1. The summed E-state index contributed by atoms with van der Waals surface area (Å²) in [6.45, 7) is 4.62. The molecular formula is C20H18N2O3S. The molecule has 0 saturated heterocycles. The fraction of sp³-hybridized carbons (Fsp3) is 0.200. The highest BCUT2D eigenvalue weighted by atomic mass is 32.1. The summed E-state index contributed by atoms with van der Waals surface area (Å²) in [5, 5.41) is 1.85. The molecule has 0 radical (unpaired) electrons. The first-order valence-corrected chi connectivity index (χ1v) is 9.22. The number of nitrogens with zero attached hydrogens (tertiary/aromatic N) is 2. The summed E-state index contributed by atoms with van der Waals surface area (Å²) >= 11 is 1.36. The molecule has 0 aliphatic carbocycles. The van der Waals surface area contributed by atoms with Crippen LogP contribution in [0.1, 0.15) is 22.5 Å². The number of hydrogen-bond acceptors (Lipinski definition) is 4. The molecule has 3 aromatic heterocycles. The number of hydrogen-bond donors (Lipinski definition) is 0. The maximum absolute atomic E-state index is 13.1. The lowest BCUT2D eigenvalue weighted by Crippen LogP contribution is -2.40. The molecule has 4 aromatic rings. The molecule has 26 heavy (non-hydrogen) atoms. The second-order valence-corrected chi connectivity index (χ2v) is 7.32. The highest BCUT2D eigenvalue weighted by molar-refractivity contribution is 7.17. The molecule has 0 aliphatic heterocycles. The summed E-state index contributed by atoms with van der Waals surface area (Å²) in [5.74, 6) is 0.582. The number of aryl methyl sites for hydroxylation is 2. The second-order valence-electron chi connectivity index (χ2n) is 6.40. The summed E-state index contributed by atoms with van der Waals surface area (Å²) in [5.41, 5.74) is 3.43. The van der Waals surface area contributed by atoms with Crippen LogP contribution in [0.15, 0.2) is 62.0 Å². The third-order valence-electron chi connectivity index (χ3n) is 4.56. The van der Waals surface area contributed by atoms with E-state index in [-0.39, 0.29) is 17.8 Å². The zero-order valence-electron chi connectivity index (χ0n) is 14.6. The van der Waals surface area contributed by atoms with E-state index in [4.69, 9.17) is 4.42 Å². The Morgan fingerprint density at radius 3 is 2.65 bits per heavy atom. The Balaban J connectivity index is 1.91. The molecule has 0 saturated carbocycles. The van der Waals surface area contributed by atoms with Gasteiger partial charge < -0.3 is 4.42 Å². The van der Waals surface area contributed by atoms with E-state index in [0.29, 0.717) is 22.5 Å². The van der Waals surface area contributed by atoms with Crippen molar-refractivity contribution >= 4 is 21.6 Å². The maximum Gasteiger partial charge on any atom is 0.332 e. The van der Waals surface area contributed by atoms with Crippen molar-refractivity contribution in [2.24, 2.45) is 0 Å². The van der Waals surface area contributed by atoms with Crippen molar-refractivity contribution in [1.29, 1.82) is 0 Å². The molecule has 132 valence electrons. The van der Waals surface area contributed by atoms with Crippen molar-refractivity contribution in [1.82, 2.24) is 9.13 Å². The van der Waals surface area contributed by atoms with Gasteiger partial charge in [0.05, 0.1) is 24.9 Å². The highest BCUT2D eigenvalue weighted by Gasteiger charge is 2.16. The average Bonchev–Trinajstić information content (AvgIpc) is 3.30. The van der Waals surface area contributed by atoms with Gasteiger partial charge in [-0.2, -0.15) is 0 Å². The van der Waals surface area contributed by atoms with Crippen LogP contribution in [0, 0.1) is 13.8 Å². The summed E-state index contributed by atoms with van der Waals surface area (Å²) < 4.78 is 8.85. The maximum atomic E-state index is 13.1. The zero-order valence-corrected chi connectivity index (χ0v) is 15.4. The van der Waals surface area contributed by atoms with Crippen molar-refractivity contribution in [3.05, 3.63) is 91.3 Å². The van der Waals surface area contributed by atoms with Crippen LogP contribution in [0.5, 0.6) is 0 Å². The molecule has 0 fully saturated rings. The van der Waals surface area contributed by atoms with E-state index < -0.39 is 0 Å². The minimum absolute atomic E-state index is 0.130. The zero-order chi connectivity index (χ0) is 18.3. The number of fused-ring (bicyclic) bond motifs is 1. The molecule has 0 N–H and O–H groups in total. The van der Waals surface area contributed by atoms with Crippen molar-refractivity contribution in [2.75, 3.05) is 0 Å². The van der Waals surface area contributed by atoms with Gasteiger partial charge in [-0.15, -0.1) is 11.3 Å². The Labute approximate surface area is 153 Å². The largest absolute Gasteiger partial charge is 0.467 e. The van der Waals surface area contributed by atoms with E-state index in [0.717, 1.165) is 16.7 Å². The first-order chi connectivity index (χ1) is 12.5. The first kappa shape index (κ1) is 16.6. The molecule has 1 aromatic carbocycles. The van der Waals surface area contributed by atoms with Crippen molar-refractivity contribution < 1.29 is 4.42 Å². The standard InChI is InChI=1S/C20H18N2O3S/c1-13-5-6-14(2)15(10-13)11-21-17-7-9-26-18(17)19(23)22(20(21)24)12-16-4-3-8-25-16/h3-10H,11-12H2,1-2H3. The SMILES string of the molecule is Cc1ccc(C)c(Cn2c(=O)n(Cc3ccco3)c(=O)c3sccc32)c1. The van der Waals surface area contributed by atoms with E-state index in [1.54, 1.807) is 23.0 Å². The first-order valence-electron chi connectivity index (χ1n) is 8.34. The van der Waals surface area contributed by atoms with Gasteiger partial charge in [-0.05, 0) is 48.6 Å². The van der Waals surface area contributed by atoms with Crippen LogP contribution >= 0.6 is 11.3 Å². The van der Waals surface area contributed by atoms with E-state index in [2.05, 4.69) is 18.2 Å². The van der Waals surface area contributed by atoms with Crippen LogP contribution in [-0.4, -0.2) is 9.13 Å². The minimum Gasteiger partial charge on any atom is -0.467 e. The van der Waals surface area contributed by atoms with Crippen LogP contribution < -0.4 is 11.2 Å². The van der Waals surface area contributed by atoms with Crippen molar-refractivity contribution in [3.63, 3.8) is 0 Å². The second kappa shape index (κ2) is 6.46.